The van der Waals surface area contributed by atoms with E-state index in [0.717, 1.165) is 5.75 Å². The van der Waals surface area contributed by atoms with Gasteiger partial charge in [0.2, 0.25) is 0 Å². The van der Waals surface area contributed by atoms with Crippen molar-refractivity contribution in [2.45, 2.75) is 38.8 Å². The lowest BCUT2D eigenvalue weighted by molar-refractivity contribution is -0.144. The molecule has 1 fully saturated rings. The maximum Gasteiger partial charge on any atom is 0.323 e. The quantitative estimate of drug-likeness (QED) is 0.747. The van der Waals surface area contributed by atoms with Crippen LogP contribution in [-0.2, 0) is 9.53 Å². The van der Waals surface area contributed by atoms with Crippen molar-refractivity contribution in [3.63, 3.8) is 0 Å². The highest BCUT2D eigenvalue weighted by Crippen LogP contribution is 2.18. The van der Waals surface area contributed by atoms with Crippen LogP contribution in [0.5, 0.6) is 0 Å². The van der Waals surface area contributed by atoms with Gasteiger partial charge in [-0.05, 0) is 24.5 Å². The molecule has 15 heavy (non-hydrogen) atoms. The first-order valence-corrected chi connectivity index (χ1v) is 6.72. The van der Waals surface area contributed by atoms with Gasteiger partial charge in [-0.3, -0.25) is 4.79 Å². The molecule has 1 heterocycles. The third-order valence-corrected chi connectivity index (χ3v) is 3.91. The first-order valence-electron chi connectivity index (χ1n) is 5.56. The zero-order valence-electron chi connectivity index (χ0n) is 9.79. The van der Waals surface area contributed by atoms with Gasteiger partial charge in [-0.2, -0.15) is 11.8 Å². The molecular weight excluding hydrogens is 210 g/mol. The van der Waals surface area contributed by atoms with Gasteiger partial charge in [0, 0.05) is 11.8 Å². The van der Waals surface area contributed by atoms with Gasteiger partial charge < -0.3 is 10.1 Å². The Morgan fingerprint density at radius 1 is 1.53 bits per heavy atom. The van der Waals surface area contributed by atoms with Crippen LogP contribution in [0, 0.1) is 5.92 Å². The van der Waals surface area contributed by atoms with Crippen molar-refractivity contribution < 1.29 is 9.53 Å². The molecule has 0 radical (unpaired) electrons. The molecule has 2 atom stereocenters. The summed E-state index contributed by atoms with van der Waals surface area (Å²) in [7, 11) is 1.45. The minimum Gasteiger partial charge on any atom is -0.468 e. The highest BCUT2D eigenvalue weighted by molar-refractivity contribution is 7.99. The number of carbonyl (C=O) groups excluding carboxylic acids is 1. The lowest BCUT2D eigenvalue weighted by atomic mass is 10.0. The molecule has 0 bridgehead atoms. The molecular formula is C11H21NO2S. The van der Waals surface area contributed by atoms with Gasteiger partial charge >= 0.3 is 5.97 Å². The van der Waals surface area contributed by atoms with E-state index in [1.54, 1.807) is 0 Å². The Hall–Kier alpha value is -0.220. The summed E-state index contributed by atoms with van der Waals surface area (Å²) in [6.07, 6.45) is 2.42. The van der Waals surface area contributed by atoms with E-state index >= 15 is 0 Å². The number of rotatable bonds is 4. The van der Waals surface area contributed by atoms with Gasteiger partial charge in [0.25, 0.3) is 0 Å². The van der Waals surface area contributed by atoms with Gasteiger partial charge in [-0.25, -0.2) is 0 Å². The standard InChI is InChI=1S/C11H21NO2S/c1-8(2)10(11(13)14-3)12-9-5-4-6-15-7-9/h8-10,12H,4-7H2,1-3H3/t9?,10-/m0/s1. The smallest absolute Gasteiger partial charge is 0.323 e. The number of nitrogens with one attached hydrogen (secondary N) is 1. The molecule has 0 aliphatic carbocycles. The molecule has 0 aromatic heterocycles. The lowest BCUT2D eigenvalue weighted by Gasteiger charge is -2.28. The molecule has 0 aromatic rings. The van der Waals surface area contributed by atoms with Crippen LogP contribution in [-0.4, -0.2) is 36.7 Å². The van der Waals surface area contributed by atoms with E-state index in [1.165, 1.54) is 25.7 Å². The van der Waals surface area contributed by atoms with Crippen LogP contribution in [0.2, 0.25) is 0 Å². The van der Waals surface area contributed by atoms with E-state index in [9.17, 15) is 4.79 Å². The number of hydrogen-bond donors (Lipinski definition) is 1. The fraction of sp³-hybridized carbons (Fsp3) is 0.909. The predicted molar refractivity (Wildman–Crippen MR) is 64.1 cm³/mol. The molecule has 88 valence electrons. The van der Waals surface area contributed by atoms with E-state index in [2.05, 4.69) is 5.32 Å². The average Bonchev–Trinajstić information content (AvgIpc) is 2.26. The minimum atomic E-state index is -0.154. The molecule has 0 saturated carbocycles. The summed E-state index contributed by atoms with van der Waals surface area (Å²) in [5.41, 5.74) is 0. The Labute approximate surface area is 96.3 Å². The fourth-order valence-corrected chi connectivity index (χ4v) is 2.87. The highest BCUT2D eigenvalue weighted by Gasteiger charge is 2.26. The number of methoxy groups -OCH3 is 1. The molecule has 1 saturated heterocycles. The van der Waals surface area contributed by atoms with Crippen molar-refractivity contribution in [3.05, 3.63) is 0 Å². The normalized spacial score (nSPS) is 23.9. The highest BCUT2D eigenvalue weighted by atomic mass is 32.2. The monoisotopic (exact) mass is 231 g/mol. The summed E-state index contributed by atoms with van der Waals surface area (Å²) in [6, 6.07) is 0.314. The van der Waals surface area contributed by atoms with Gasteiger partial charge in [-0.1, -0.05) is 13.8 Å². The SMILES string of the molecule is COC(=O)[C@@H](NC1CCCSC1)C(C)C. The number of thioether (sulfide) groups is 1. The van der Waals surface area contributed by atoms with Crippen LogP contribution >= 0.6 is 11.8 Å². The van der Waals surface area contributed by atoms with Crippen LogP contribution < -0.4 is 5.32 Å². The maximum absolute atomic E-state index is 11.5. The third-order valence-electron chi connectivity index (χ3n) is 2.70. The van der Waals surface area contributed by atoms with Crippen LogP contribution in [0.25, 0.3) is 0 Å². The van der Waals surface area contributed by atoms with Crippen molar-refractivity contribution in [3.8, 4) is 0 Å². The molecule has 1 aliphatic rings. The second-order valence-electron chi connectivity index (χ2n) is 4.33. The summed E-state index contributed by atoms with van der Waals surface area (Å²) in [5.74, 6) is 2.51. The summed E-state index contributed by atoms with van der Waals surface area (Å²) in [5, 5.41) is 3.41. The van der Waals surface area contributed by atoms with Crippen LogP contribution in [0.15, 0.2) is 0 Å². The molecule has 0 amide bonds. The zero-order chi connectivity index (χ0) is 11.3. The minimum absolute atomic E-state index is 0.138. The largest absolute Gasteiger partial charge is 0.468 e. The van der Waals surface area contributed by atoms with E-state index in [-0.39, 0.29) is 17.9 Å². The van der Waals surface area contributed by atoms with Gasteiger partial charge in [0.15, 0.2) is 0 Å². The Morgan fingerprint density at radius 3 is 2.73 bits per heavy atom. The molecule has 4 heteroatoms. The second-order valence-corrected chi connectivity index (χ2v) is 5.48. The number of carbonyl (C=O) groups is 1. The van der Waals surface area contributed by atoms with Gasteiger partial charge in [0.1, 0.15) is 6.04 Å². The van der Waals surface area contributed by atoms with E-state index in [4.69, 9.17) is 4.74 Å². The molecule has 1 N–H and O–H groups in total. The first-order chi connectivity index (χ1) is 7.15. The molecule has 3 nitrogen and oxygen atoms in total. The fourth-order valence-electron chi connectivity index (χ4n) is 1.79. The maximum atomic E-state index is 11.5. The van der Waals surface area contributed by atoms with Crippen LogP contribution in [0.3, 0.4) is 0 Å². The van der Waals surface area contributed by atoms with E-state index in [1.807, 2.05) is 25.6 Å². The van der Waals surface area contributed by atoms with Crippen LogP contribution in [0.4, 0.5) is 0 Å². The molecule has 1 aliphatic heterocycles. The first kappa shape index (κ1) is 12.8. The van der Waals surface area contributed by atoms with Gasteiger partial charge in [-0.15, -0.1) is 0 Å². The van der Waals surface area contributed by atoms with Gasteiger partial charge in [0.05, 0.1) is 7.11 Å². The zero-order valence-corrected chi connectivity index (χ0v) is 10.6. The summed E-state index contributed by atoms with van der Waals surface area (Å²) < 4.78 is 4.81. The van der Waals surface area contributed by atoms with Crippen molar-refractivity contribution in [2.24, 2.45) is 5.92 Å². The van der Waals surface area contributed by atoms with E-state index in [0.29, 0.717) is 6.04 Å². The third kappa shape index (κ3) is 4.03. The Bertz CT molecular complexity index is 203. The average molecular weight is 231 g/mol. The van der Waals surface area contributed by atoms with Crippen molar-refractivity contribution >= 4 is 17.7 Å². The van der Waals surface area contributed by atoms with Crippen LogP contribution in [0.1, 0.15) is 26.7 Å². The van der Waals surface area contributed by atoms with Crippen molar-refractivity contribution in [2.75, 3.05) is 18.6 Å². The predicted octanol–water partition coefficient (Wildman–Crippen LogP) is 1.67. The van der Waals surface area contributed by atoms with Crippen molar-refractivity contribution in [1.82, 2.24) is 5.32 Å². The number of ether oxygens (including phenoxy) is 1. The summed E-state index contributed by atoms with van der Waals surface area (Å²) in [4.78, 5) is 11.5. The van der Waals surface area contributed by atoms with E-state index < -0.39 is 0 Å². The molecule has 1 unspecified atom stereocenters. The number of esters is 1. The van der Waals surface area contributed by atoms with Crippen molar-refractivity contribution in [1.29, 1.82) is 0 Å². The summed E-state index contributed by atoms with van der Waals surface area (Å²) in [6.45, 7) is 4.09. The Balaban J connectivity index is 2.46. The molecule has 0 aromatic carbocycles. The molecule has 1 rings (SSSR count). The lowest BCUT2D eigenvalue weighted by Crippen LogP contribution is -2.48. The number of hydrogen-bond acceptors (Lipinski definition) is 4. The summed E-state index contributed by atoms with van der Waals surface area (Å²) >= 11 is 1.96. The Kier molecular flexibility index (Phi) is 5.47. The second kappa shape index (κ2) is 6.38. The Morgan fingerprint density at radius 2 is 2.27 bits per heavy atom. The topological polar surface area (TPSA) is 38.3 Å². The molecule has 0 spiro atoms.